The number of nitrogens with zero attached hydrogens (tertiary/aromatic N) is 10. The van der Waals surface area contributed by atoms with Crippen molar-refractivity contribution in [3.63, 3.8) is 0 Å². The summed E-state index contributed by atoms with van der Waals surface area (Å²) >= 11 is 51.2. The van der Waals surface area contributed by atoms with E-state index >= 15 is 0 Å². The van der Waals surface area contributed by atoms with E-state index in [1.54, 1.807) is 120 Å². The third-order valence-electron chi connectivity index (χ3n) is 16.4. The van der Waals surface area contributed by atoms with E-state index in [0.717, 1.165) is 68.4 Å². The van der Waals surface area contributed by atoms with E-state index < -0.39 is 24.0 Å². The van der Waals surface area contributed by atoms with E-state index in [0.29, 0.717) is 98.1 Å². The van der Waals surface area contributed by atoms with E-state index in [1.807, 2.05) is 155 Å². The number of carbonyl (C=O) groups is 7. The Balaban J connectivity index is -0.00000159. The number of halogens is 12. The van der Waals surface area contributed by atoms with Gasteiger partial charge in [-0.3, -0.25) is 48.8 Å². The standard InChI is InChI=1S/C22H21ClN4O2.C16H15BrClN3O3.C16H15BrClN3O2.C9H8BrClO.C7H8BrN3O2.C6H6BrN.C6H5Cl.C4H6O4.C3H4Br2O.C2H4O2.CH2O3.B.2Cs.Na.H/c1-13-12-16(10-11-24-13)18-8-9-19(25-22(18)28-3)21-26-20(14(2)29-27-21)15-4-6-17(23)7-5-15;1-9(14(22)10-3-5-11(18)6-4-10)24-21-15(19)13-8-7-12(17)16(20-13)23-2;1-9-14(10-3-5-11(18)6-4-10)20-15(21-23-9)13-8-7-12(17)16(19-13)22-2;1-6(10)9(12)7-2-4-8(11)5-3-7;1-13-7-4(8)2-3-5(10-7)6(9)11-12;1-5-4-6(7)2-3-8-5;7-6-4-2-1-3-5-6;1-3(5)7-8-4(2)6;1-2(4)3(5)6;1-2(3)4;2-1-4-3;;;;;/h4-12,14,20H,1-3H3,(H,26,27);3-9H,1-2H3,(H2,19,21);3-9,14H,1-2H3,(H,20,21);2-6H,1H3;2-3,12H,1H3,(H2,9,11);2-4H,1H3;1-5H;1-2H3;2H,1H3;1H3,(H,3,4);1,3H;;;;;/q;;;;;;;;;;;;3*+1;-1/p-2. The van der Waals surface area contributed by atoms with Gasteiger partial charge in [0, 0.05) is 98.3 Å². The maximum absolute atomic E-state index is 12.2. The fourth-order valence-corrected chi connectivity index (χ4v) is 12.5. The van der Waals surface area contributed by atoms with Crippen molar-refractivity contribution in [2.24, 2.45) is 31.8 Å². The Morgan fingerprint density at radius 3 is 1.21 bits per heavy atom. The maximum atomic E-state index is 12.2. The van der Waals surface area contributed by atoms with Crippen LogP contribution in [0, 0.1) is 13.8 Å². The Morgan fingerprint density at radius 1 is 0.521 bits per heavy atom. The molecule has 3 radical (unpaired) electrons. The number of aliphatic imine (C=N–C) groups is 2. The van der Waals surface area contributed by atoms with Gasteiger partial charge in [-0.05, 0) is 294 Å². The molecule has 142 heavy (non-hydrogen) atoms. The number of aliphatic carboxylic acids is 1. The number of oxime groups is 2. The zero-order valence-electron chi connectivity index (χ0n) is 80.3. The number of ether oxygens (including phenoxy) is 4. The number of carbonyl (C=O) groups excluding carboxylic acids is 7. The fourth-order valence-electron chi connectivity index (χ4n) is 10.0. The Hall–Kier alpha value is -5.57. The Labute approximate surface area is 1050 Å². The van der Waals surface area contributed by atoms with Crippen LogP contribution in [0.2, 0.25) is 25.1 Å². The molecule has 11 aromatic rings. The molecule has 13 rings (SSSR count). The summed E-state index contributed by atoms with van der Waals surface area (Å²) in [4.78, 5) is 133. The van der Waals surface area contributed by atoms with Gasteiger partial charge in [-0.2, -0.15) is 0 Å². The number of nitrogens with one attached hydrogen (secondary N) is 2. The van der Waals surface area contributed by atoms with E-state index in [4.69, 9.17) is 138 Å². The molecule has 7 atom stereocenters. The molecule has 0 amide bonds. The van der Waals surface area contributed by atoms with Gasteiger partial charge in [0.2, 0.25) is 34.0 Å². The third-order valence-corrected chi connectivity index (χ3v) is 22.1. The van der Waals surface area contributed by atoms with E-state index in [-0.39, 0.29) is 246 Å². The summed E-state index contributed by atoms with van der Waals surface area (Å²) in [5, 5.41) is 35.7. The summed E-state index contributed by atoms with van der Waals surface area (Å²) in [5.41, 5.74) is 26.0. The van der Waals surface area contributed by atoms with Gasteiger partial charge in [-0.25, -0.2) is 50.3 Å². The quantitative estimate of drug-likeness (QED) is 0.00480. The number of methoxy groups -OCH3 is 4. The number of pyridine rings is 6. The monoisotopic (exact) mass is 2740 g/mol. The SMILES string of the molecule is CC(=O)OOC(C)=O.CC(=O)[O-].CC(Br)C(=O)Br.CC(Br)C(=O)c1ccc(Cl)cc1.COc1nc(/C(N)=N/O)ccc1Br.COc1nc(/C(N)=N/OC(C)C(=O)c2ccc(Cl)cc2)ccc1Br.COc1nc(C2=NC(c3ccc(Cl)cc3)C(C)ON2)ccc1-c1ccnc(C)c1.COc1nc(C2=NC(c3ccc(Cl)cc3)C(C)ON2)ccc1Br.Cc1cc(Br)ccn1.Clc1ccccc1.O=CO[O-].[B].[Cs+].[Cs+].[H-].[Na+]. The molecule has 8 heterocycles. The molecular weight excluding hydrogens is 2660 g/mol. The zero-order valence-corrected chi connectivity index (χ0v) is 109. The number of hydrogen-bond acceptors (Lipinski definition) is 32. The molecule has 5 aromatic carbocycles. The van der Waals surface area contributed by atoms with E-state index in [2.05, 4.69) is 177 Å². The summed E-state index contributed by atoms with van der Waals surface area (Å²) in [6, 6.07) is 59.9. The van der Waals surface area contributed by atoms with Gasteiger partial charge in [0.25, 0.3) is 6.47 Å². The molecule has 0 fully saturated rings. The Kier molecular flexibility index (Phi) is 75.0. The number of aryl methyl sites for hydroxylation is 2. The number of aromatic nitrogens is 6. The number of hydrogen-bond donors (Lipinski definition) is 5. The molecule has 741 valence electrons. The second-order valence-electron chi connectivity index (χ2n) is 27.0. The van der Waals surface area contributed by atoms with Gasteiger partial charge < -0.3 is 61.9 Å². The molecule has 50 heteroatoms. The van der Waals surface area contributed by atoms with Crippen molar-refractivity contribution in [2.45, 2.75) is 109 Å². The predicted octanol–water partition coefficient (Wildman–Crippen LogP) is 10.3. The number of Topliss-reactive ketones (excluding diaryl/α,β-unsaturated/α-hetero) is 2. The predicted molar refractivity (Wildman–Crippen MR) is 555 cm³/mol. The average Bonchev–Trinajstić information content (AvgIpc) is 0.807. The summed E-state index contributed by atoms with van der Waals surface area (Å²) in [7, 11) is 6.16. The van der Waals surface area contributed by atoms with Gasteiger partial charge in [0.1, 0.15) is 47.1 Å². The topological polar surface area (TPSA) is 481 Å². The normalized spacial score (nSPS) is 13.7. The number of amidine groups is 4. The van der Waals surface area contributed by atoms with Crippen molar-refractivity contribution in [3.05, 3.63) is 312 Å². The number of nitrogens with two attached hydrogens (primary N) is 2. The number of carboxylic acid groups (broad SMARTS) is 1. The molecule has 0 spiro atoms. The van der Waals surface area contributed by atoms with Gasteiger partial charge in [-0.15, -0.1) is 0 Å². The molecule has 0 aliphatic carbocycles. The average molecular weight is 2750 g/mol. The van der Waals surface area contributed by atoms with Gasteiger partial charge in [0.15, 0.2) is 35.2 Å². The fraction of sp³-hybridized carbons (Fsp3) is 0.228. The summed E-state index contributed by atoms with van der Waals surface area (Å²) < 4.78 is 24.1. The van der Waals surface area contributed by atoms with Crippen molar-refractivity contribution >= 4 is 242 Å². The van der Waals surface area contributed by atoms with Crippen LogP contribution in [0.5, 0.6) is 23.5 Å². The number of hydroxylamine groups is 2. The van der Waals surface area contributed by atoms with Crippen LogP contribution in [-0.4, -0.2) is 164 Å². The van der Waals surface area contributed by atoms with Crippen LogP contribution in [0.25, 0.3) is 11.1 Å². The molecular formula is C92H93BBr7Cl5Cs2N14NaO20. The molecule has 6 aromatic heterocycles. The Morgan fingerprint density at radius 2 is 0.873 bits per heavy atom. The molecule has 7 N–H and O–H groups in total. The molecule has 0 saturated heterocycles. The van der Waals surface area contributed by atoms with Crippen LogP contribution in [0.1, 0.15) is 135 Å². The van der Waals surface area contributed by atoms with Crippen LogP contribution in [-0.2, 0) is 53.1 Å². The minimum atomic E-state index is -1.08. The van der Waals surface area contributed by atoms with Crippen LogP contribution in [0.4, 0.5) is 0 Å². The van der Waals surface area contributed by atoms with Gasteiger partial charge >= 0.3 is 179 Å². The first-order valence-electron chi connectivity index (χ1n) is 39.6. The first kappa shape index (κ1) is 138. The van der Waals surface area contributed by atoms with Crippen molar-refractivity contribution in [1.29, 1.82) is 0 Å². The number of ketones is 2. The number of benzene rings is 5. The van der Waals surface area contributed by atoms with Crippen molar-refractivity contribution in [3.8, 4) is 34.6 Å². The first-order chi connectivity index (χ1) is 65.4. The van der Waals surface area contributed by atoms with Crippen LogP contribution >= 0.6 is 170 Å². The summed E-state index contributed by atoms with van der Waals surface area (Å²) in [6.07, 6.45) is 2.50. The molecule has 2 aliphatic heterocycles. The van der Waals surface area contributed by atoms with E-state index in [1.165, 1.54) is 14.2 Å². The second-order valence-corrected chi connectivity index (χ2v) is 36.2. The molecule has 0 saturated carbocycles. The number of carboxylic acids is 1. The minimum absolute atomic E-state index is 0. The van der Waals surface area contributed by atoms with E-state index in [9.17, 15) is 24.0 Å². The number of alkyl halides is 2. The second kappa shape index (κ2) is 76.9. The van der Waals surface area contributed by atoms with Gasteiger partial charge in [-0.1, -0.05) is 159 Å². The van der Waals surface area contributed by atoms with Crippen molar-refractivity contribution < 1.29 is 266 Å². The maximum Gasteiger partial charge on any atom is 1.00 e. The minimum Gasteiger partial charge on any atom is -1.00 e. The molecule has 0 bridgehead atoms. The summed E-state index contributed by atoms with van der Waals surface area (Å²) in [6.45, 7) is 16.1. The summed E-state index contributed by atoms with van der Waals surface area (Å²) in [5.74, 6) is 0.361. The first-order valence-corrected chi connectivity index (χ1v) is 47.3. The van der Waals surface area contributed by atoms with Crippen molar-refractivity contribution in [2.75, 3.05) is 28.4 Å². The Bertz CT molecular complexity index is 5860. The third kappa shape index (κ3) is 54.6. The van der Waals surface area contributed by atoms with Crippen LogP contribution < -0.4 is 219 Å². The number of rotatable bonds is 19. The van der Waals surface area contributed by atoms with Crippen molar-refractivity contribution in [1.82, 2.24) is 40.9 Å². The molecule has 7 unspecified atom stereocenters. The van der Waals surface area contributed by atoms with Gasteiger partial charge in [0.05, 0.1) is 51.5 Å². The smallest absolute Gasteiger partial charge is 1.00 e. The zero-order chi connectivity index (χ0) is 103. The molecule has 34 nitrogen and oxygen atoms in total. The molecule has 2 aliphatic rings. The largest absolute Gasteiger partial charge is 1.00 e. The van der Waals surface area contributed by atoms with Crippen LogP contribution in [0.15, 0.2) is 251 Å². The van der Waals surface area contributed by atoms with Crippen LogP contribution in [0.3, 0.4) is 0 Å².